The van der Waals surface area contributed by atoms with Crippen molar-refractivity contribution in [1.82, 2.24) is 0 Å². The van der Waals surface area contributed by atoms with Crippen LogP contribution in [0.4, 0.5) is 18.9 Å². The molecule has 0 aliphatic rings. The van der Waals surface area contributed by atoms with Crippen LogP contribution < -0.4 is 10.1 Å². The normalized spacial score (nSPS) is 11.3. The van der Waals surface area contributed by atoms with Gasteiger partial charge < -0.3 is 10.1 Å². The van der Waals surface area contributed by atoms with E-state index >= 15 is 0 Å². The molecule has 0 aromatic heterocycles. The molecule has 0 aliphatic carbocycles. The number of ether oxygens (including phenoxy) is 1. The Morgan fingerprint density at radius 3 is 2.52 bits per heavy atom. The van der Waals surface area contributed by atoms with Crippen LogP contribution in [-0.2, 0) is 6.54 Å². The van der Waals surface area contributed by atoms with Crippen LogP contribution in [0.5, 0.6) is 5.75 Å². The lowest BCUT2D eigenvalue weighted by molar-refractivity contribution is -0.274. The Kier molecular flexibility index (Phi) is 4.77. The van der Waals surface area contributed by atoms with E-state index in [1.165, 1.54) is 12.1 Å². The van der Waals surface area contributed by atoms with E-state index in [1.54, 1.807) is 12.1 Å². The fraction of sp³-hybridized carbons (Fsp3) is 0.200. The van der Waals surface area contributed by atoms with Gasteiger partial charge in [-0.1, -0.05) is 30.3 Å². The number of hydrogen-bond acceptors (Lipinski definition) is 2. The highest BCUT2D eigenvalue weighted by atomic mass is 79.9. The van der Waals surface area contributed by atoms with Crippen molar-refractivity contribution >= 4 is 21.6 Å². The molecule has 0 radical (unpaired) electrons. The highest BCUT2D eigenvalue weighted by molar-refractivity contribution is 9.10. The topological polar surface area (TPSA) is 21.3 Å². The largest absolute Gasteiger partial charge is 0.573 e. The number of para-hydroxylation sites is 1. The quantitative estimate of drug-likeness (QED) is 0.802. The zero-order valence-electron chi connectivity index (χ0n) is 11.2. The average molecular weight is 360 g/mol. The van der Waals surface area contributed by atoms with Gasteiger partial charge in [-0.05, 0) is 40.5 Å². The molecule has 0 bridgehead atoms. The highest BCUT2D eigenvalue weighted by Crippen LogP contribution is 2.29. The zero-order chi connectivity index (χ0) is 15.5. The van der Waals surface area contributed by atoms with Crippen molar-refractivity contribution in [3.05, 3.63) is 58.1 Å². The van der Waals surface area contributed by atoms with Crippen LogP contribution >= 0.6 is 15.9 Å². The summed E-state index contributed by atoms with van der Waals surface area (Å²) in [5.74, 6) is -0.193. The maximum absolute atomic E-state index is 12.4. The first kappa shape index (κ1) is 15.7. The van der Waals surface area contributed by atoms with Crippen LogP contribution in [0.3, 0.4) is 0 Å². The smallest absolute Gasteiger partial charge is 0.405 e. The van der Waals surface area contributed by atoms with E-state index in [0.29, 0.717) is 5.56 Å². The summed E-state index contributed by atoms with van der Waals surface area (Å²) in [6, 6.07) is 11.7. The van der Waals surface area contributed by atoms with E-state index in [4.69, 9.17) is 0 Å². The van der Waals surface area contributed by atoms with Crippen LogP contribution in [0, 0.1) is 6.92 Å². The monoisotopic (exact) mass is 359 g/mol. The van der Waals surface area contributed by atoms with E-state index in [0.717, 1.165) is 15.7 Å². The third-order valence-corrected chi connectivity index (χ3v) is 3.91. The lowest BCUT2D eigenvalue weighted by atomic mass is 10.2. The first-order valence-electron chi connectivity index (χ1n) is 6.19. The van der Waals surface area contributed by atoms with Gasteiger partial charge in [0.25, 0.3) is 0 Å². The van der Waals surface area contributed by atoms with E-state index in [-0.39, 0.29) is 12.3 Å². The molecule has 2 nitrogen and oxygen atoms in total. The molecule has 1 N–H and O–H groups in total. The standard InChI is InChI=1S/C15H13BrF3NO/c1-10-5-4-7-12(14(10)16)20-9-11-6-2-3-8-13(11)21-15(17,18)19/h2-8,20H,9H2,1H3. The fourth-order valence-electron chi connectivity index (χ4n) is 1.85. The van der Waals surface area contributed by atoms with E-state index in [1.807, 2.05) is 25.1 Å². The second-order valence-corrected chi connectivity index (χ2v) is 5.24. The Balaban J connectivity index is 2.15. The first-order valence-corrected chi connectivity index (χ1v) is 6.99. The molecule has 2 aromatic carbocycles. The Morgan fingerprint density at radius 1 is 1.10 bits per heavy atom. The molecule has 6 heteroatoms. The molecular weight excluding hydrogens is 347 g/mol. The van der Waals surface area contributed by atoms with Crippen molar-refractivity contribution in [3.63, 3.8) is 0 Å². The molecule has 2 aromatic rings. The second-order valence-electron chi connectivity index (χ2n) is 4.45. The molecule has 0 amide bonds. The van der Waals surface area contributed by atoms with E-state index in [9.17, 15) is 13.2 Å². The fourth-order valence-corrected chi connectivity index (χ4v) is 2.25. The molecule has 0 fully saturated rings. The molecule has 0 saturated carbocycles. The van der Waals surface area contributed by atoms with Gasteiger partial charge in [-0.2, -0.15) is 0 Å². The molecule has 0 saturated heterocycles. The lowest BCUT2D eigenvalue weighted by Crippen LogP contribution is -2.18. The van der Waals surface area contributed by atoms with Gasteiger partial charge in [-0.15, -0.1) is 13.2 Å². The number of anilines is 1. The molecule has 0 aliphatic heterocycles. The minimum atomic E-state index is -4.69. The summed E-state index contributed by atoms with van der Waals surface area (Å²) >= 11 is 3.45. The van der Waals surface area contributed by atoms with Crippen molar-refractivity contribution in [2.45, 2.75) is 19.8 Å². The zero-order valence-corrected chi connectivity index (χ0v) is 12.8. The first-order chi connectivity index (χ1) is 9.87. The minimum Gasteiger partial charge on any atom is -0.405 e. The molecule has 0 spiro atoms. The van der Waals surface area contributed by atoms with Gasteiger partial charge in [-0.3, -0.25) is 0 Å². The van der Waals surface area contributed by atoms with Gasteiger partial charge in [0.1, 0.15) is 5.75 Å². The Bertz CT molecular complexity index is 629. The number of benzene rings is 2. The number of alkyl halides is 3. The van der Waals surface area contributed by atoms with E-state index < -0.39 is 6.36 Å². The molecule has 0 atom stereocenters. The van der Waals surface area contributed by atoms with Crippen LogP contribution in [-0.4, -0.2) is 6.36 Å². The van der Waals surface area contributed by atoms with Crippen molar-refractivity contribution in [2.75, 3.05) is 5.32 Å². The molecule has 2 rings (SSSR count). The summed E-state index contributed by atoms with van der Waals surface area (Å²) in [5.41, 5.74) is 2.29. The maximum atomic E-state index is 12.4. The van der Waals surface area contributed by atoms with Crippen molar-refractivity contribution in [3.8, 4) is 5.75 Å². The number of rotatable bonds is 4. The van der Waals surface area contributed by atoms with Crippen molar-refractivity contribution in [2.24, 2.45) is 0 Å². The van der Waals surface area contributed by atoms with Crippen LogP contribution in [0.2, 0.25) is 0 Å². The molecule has 0 unspecified atom stereocenters. The Morgan fingerprint density at radius 2 is 1.81 bits per heavy atom. The molecule has 112 valence electrons. The third kappa shape index (κ3) is 4.39. The predicted molar refractivity (Wildman–Crippen MR) is 79.3 cm³/mol. The van der Waals surface area contributed by atoms with Crippen molar-refractivity contribution in [1.29, 1.82) is 0 Å². The summed E-state index contributed by atoms with van der Waals surface area (Å²) in [6.45, 7) is 2.17. The van der Waals surface area contributed by atoms with Gasteiger partial charge in [0.15, 0.2) is 0 Å². The third-order valence-electron chi connectivity index (χ3n) is 2.86. The maximum Gasteiger partial charge on any atom is 0.573 e. The Labute approximate surface area is 129 Å². The van der Waals surface area contributed by atoms with Gasteiger partial charge >= 0.3 is 6.36 Å². The number of aryl methyl sites for hydroxylation is 1. The summed E-state index contributed by atoms with van der Waals surface area (Å²) in [5, 5.41) is 3.10. The summed E-state index contributed by atoms with van der Waals surface area (Å²) in [4.78, 5) is 0. The molecule has 0 heterocycles. The van der Waals surface area contributed by atoms with Gasteiger partial charge in [0.05, 0.1) is 0 Å². The van der Waals surface area contributed by atoms with Crippen LogP contribution in [0.25, 0.3) is 0 Å². The molecular formula is C15H13BrF3NO. The number of hydrogen-bond donors (Lipinski definition) is 1. The van der Waals surface area contributed by atoms with Gasteiger partial charge in [-0.25, -0.2) is 0 Å². The minimum absolute atomic E-state index is 0.193. The predicted octanol–water partition coefficient (Wildman–Crippen LogP) is 5.27. The number of nitrogens with one attached hydrogen (secondary N) is 1. The van der Waals surface area contributed by atoms with Crippen LogP contribution in [0.1, 0.15) is 11.1 Å². The molecule has 21 heavy (non-hydrogen) atoms. The van der Waals surface area contributed by atoms with Crippen LogP contribution in [0.15, 0.2) is 46.9 Å². The Hall–Kier alpha value is -1.69. The van der Waals surface area contributed by atoms with Crippen molar-refractivity contribution < 1.29 is 17.9 Å². The second kappa shape index (κ2) is 6.39. The summed E-state index contributed by atoms with van der Waals surface area (Å²) in [7, 11) is 0. The number of halogens is 4. The highest BCUT2D eigenvalue weighted by Gasteiger charge is 2.31. The van der Waals surface area contributed by atoms with Gasteiger partial charge in [0, 0.05) is 22.3 Å². The van der Waals surface area contributed by atoms with E-state index in [2.05, 4.69) is 26.0 Å². The summed E-state index contributed by atoms with van der Waals surface area (Å²) < 4.78 is 42.0. The summed E-state index contributed by atoms with van der Waals surface area (Å²) in [6.07, 6.45) is -4.69. The lowest BCUT2D eigenvalue weighted by Gasteiger charge is -2.15. The SMILES string of the molecule is Cc1cccc(NCc2ccccc2OC(F)(F)F)c1Br. The van der Waals surface area contributed by atoms with Gasteiger partial charge in [0.2, 0.25) is 0 Å². The average Bonchev–Trinajstić information content (AvgIpc) is 2.40.